The van der Waals surface area contributed by atoms with Gasteiger partial charge in [-0.15, -0.1) is 11.3 Å². The van der Waals surface area contributed by atoms with E-state index in [4.69, 9.17) is 27.9 Å². The Hall–Kier alpha value is -1.54. The van der Waals surface area contributed by atoms with Gasteiger partial charge in [-0.1, -0.05) is 29.3 Å². The molecule has 0 spiro atoms. The van der Waals surface area contributed by atoms with Crippen LogP contribution in [0.2, 0.25) is 10.0 Å². The van der Waals surface area contributed by atoms with Gasteiger partial charge < -0.3 is 20.1 Å². The molecule has 0 aliphatic heterocycles. The van der Waals surface area contributed by atoms with Crippen molar-refractivity contribution >= 4 is 40.5 Å². The highest BCUT2D eigenvalue weighted by molar-refractivity contribution is 7.09. The number of guanidine groups is 1. The number of aryl methyl sites for hydroxylation is 1. The summed E-state index contributed by atoms with van der Waals surface area (Å²) in [6.07, 6.45) is -0.774. The van der Waals surface area contributed by atoms with Crippen molar-refractivity contribution in [1.29, 1.82) is 0 Å². The molecular weight excluding hydrogens is 407 g/mol. The van der Waals surface area contributed by atoms with Crippen LogP contribution in [0.5, 0.6) is 5.75 Å². The van der Waals surface area contributed by atoms with E-state index in [0.717, 1.165) is 17.2 Å². The number of aliphatic hydroxyl groups is 1. The van der Waals surface area contributed by atoms with Gasteiger partial charge in [0.1, 0.15) is 23.5 Å². The molecule has 1 atom stereocenters. The van der Waals surface area contributed by atoms with E-state index in [1.807, 2.05) is 31.2 Å². The minimum atomic E-state index is -0.774. The number of nitrogens with zero attached hydrogens (tertiary/aromatic N) is 3. The molecule has 2 rings (SSSR count). The van der Waals surface area contributed by atoms with Gasteiger partial charge in [0, 0.05) is 19.0 Å². The topological polar surface area (TPSA) is 70.0 Å². The standard InChI is InChI=1S/C18H24Cl2N4O2S/c1-4-21-18(24(3)9-13-11-27-12(2)23-13)22-8-14(25)10-26-16-7-5-6-15(19)17(16)20/h5-7,11,14,25H,4,8-10H2,1-3H3,(H,21,22). The van der Waals surface area contributed by atoms with Crippen LogP contribution < -0.4 is 10.1 Å². The Balaban J connectivity index is 1.91. The van der Waals surface area contributed by atoms with Crippen LogP contribution in [0.15, 0.2) is 28.6 Å². The maximum Gasteiger partial charge on any atom is 0.194 e. The zero-order valence-corrected chi connectivity index (χ0v) is 17.9. The average molecular weight is 431 g/mol. The molecule has 2 aromatic rings. The average Bonchev–Trinajstić information content (AvgIpc) is 3.04. The second kappa shape index (κ2) is 10.7. The third-order valence-corrected chi connectivity index (χ3v) is 5.19. The first-order valence-corrected chi connectivity index (χ1v) is 10.2. The van der Waals surface area contributed by atoms with E-state index < -0.39 is 6.10 Å². The molecule has 0 saturated heterocycles. The summed E-state index contributed by atoms with van der Waals surface area (Å²) in [6, 6.07) is 5.13. The molecule has 0 aliphatic rings. The summed E-state index contributed by atoms with van der Waals surface area (Å²) >= 11 is 13.7. The SMILES string of the molecule is CCNC(=NCC(O)COc1cccc(Cl)c1Cl)N(C)Cc1csc(C)n1. The number of aliphatic hydroxyl groups excluding tert-OH is 1. The first-order chi connectivity index (χ1) is 12.9. The minimum absolute atomic E-state index is 0.0674. The van der Waals surface area contributed by atoms with Crippen LogP contribution in [0.4, 0.5) is 0 Å². The molecule has 1 unspecified atom stereocenters. The quantitative estimate of drug-likeness (QED) is 0.494. The Labute approximate surface area is 173 Å². The van der Waals surface area contributed by atoms with Crippen LogP contribution in [0, 0.1) is 6.92 Å². The fourth-order valence-electron chi connectivity index (χ4n) is 2.29. The molecule has 0 radical (unpaired) electrons. The largest absolute Gasteiger partial charge is 0.489 e. The molecule has 148 valence electrons. The summed E-state index contributed by atoms with van der Waals surface area (Å²) in [7, 11) is 1.94. The van der Waals surface area contributed by atoms with E-state index in [-0.39, 0.29) is 13.2 Å². The fourth-order valence-corrected chi connectivity index (χ4v) is 3.24. The Morgan fingerprint density at radius 1 is 1.44 bits per heavy atom. The lowest BCUT2D eigenvalue weighted by molar-refractivity contribution is 0.114. The van der Waals surface area contributed by atoms with E-state index >= 15 is 0 Å². The Morgan fingerprint density at radius 2 is 2.22 bits per heavy atom. The number of rotatable bonds is 8. The smallest absolute Gasteiger partial charge is 0.194 e. The maximum absolute atomic E-state index is 10.2. The highest BCUT2D eigenvalue weighted by atomic mass is 35.5. The van der Waals surface area contributed by atoms with Crippen molar-refractivity contribution in [3.63, 3.8) is 0 Å². The molecule has 2 N–H and O–H groups in total. The summed E-state index contributed by atoms with van der Waals surface area (Å²) < 4.78 is 5.55. The normalized spacial score (nSPS) is 12.7. The maximum atomic E-state index is 10.2. The van der Waals surface area contributed by atoms with Gasteiger partial charge in [0.05, 0.1) is 28.8 Å². The summed E-state index contributed by atoms with van der Waals surface area (Å²) in [4.78, 5) is 10.9. The molecule has 1 heterocycles. The predicted octanol–water partition coefficient (Wildman–Crippen LogP) is 3.60. The number of thiazole rings is 1. The third-order valence-electron chi connectivity index (χ3n) is 3.56. The monoisotopic (exact) mass is 430 g/mol. The van der Waals surface area contributed by atoms with Crippen LogP contribution in [0.25, 0.3) is 0 Å². The molecule has 0 saturated carbocycles. The second-order valence-corrected chi connectivity index (χ2v) is 7.77. The molecule has 9 heteroatoms. The summed E-state index contributed by atoms with van der Waals surface area (Å²) in [5.74, 6) is 1.14. The molecule has 27 heavy (non-hydrogen) atoms. The van der Waals surface area contributed by atoms with E-state index in [9.17, 15) is 5.11 Å². The van der Waals surface area contributed by atoms with Gasteiger partial charge in [-0.2, -0.15) is 0 Å². The Kier molecular flexibility index (Phi) is 8.63. The van der Waals surface area contributed by atoms with Gasteiger partial charge in [-0.25, -0.2) is 4.98 Å². The van der Waals surface area contributed by atoms with Gasteiger partial charge in [0.15, 0.2) is 5.96 Å². The minimum Gasteiger partial charge on any atom is -0.489 e. The highest BCUT2D eigenvalue weighted by Gasteiger charge is 2.12. The number of ether oxygens (including phenoxy) is 1. The molecule has 0 bridgehead atoms. The van der Waals surface area contributed by atoms with E-state index in [2.05, 4.69) is 15.3 Å². The summed E-state index contributed by atoms with van der Waals surface area (Å²) in [6.45, 7) is 5.61. The first kappa shape index (κ1) is 21.8. The number of aliphatic imine (C=N–C) groups is 1. The second-order valence-electron chi connectivity index (χ2n) is 5.93. The van der Waals surface area contributed by atoms with Gasteiger partial charge >= 0.3 is 0 Å². The summed E-state index contributed by atoms with van der Waals surface area (Å²) in [5, 5.41) is 17.2. The molecule has 6 nitrogen and oxygen atoms in total. The lowest BCUT2D eigenvalue weighted by atomic mass is 10.3. The van der Waals surface area contributed by atoms with Crippen LogP contribution in [0.1, 0.15) is 17.6 Å². The number of hydrogen-bond donors (Lipinski definition) is 2. The van der Waals surface area contributed by atoms with Crippen LogP contribution >= 0.6 is 34.5 Å². The molecular formula is C18H24Cl2N4O2S. The van der Waals surface area contributed by atoms with E-state index in [1.165, 1.54) is 0 Å². The molecule has 0 amide bonds. The highest BCUT2D eigenvalue weighted by Crippen LogP contribution is 2.31. The predicted molar refractivity (Wildman–Crippen MR) is 112 cm³/mol. The van der Waals surface area contributed by atoms with Gasteiger partial charge in [0.25, 0.3) is 0 Å². The lowest BCUT2D eigenvalue weighted by Gasteiger charge is -2.21. The van der Waals surface area contributed by atoms with Crippen LogP contribution in [0.3, 0.4) is 0 Å². The zero-order chi connectivity index (χ0) is 19.8. The molecule has 1 aromatic carbocycles. The van der Waals surface area contributed by atoms with Crippen molar-refractivity contribution in [1.82, 2.24) is 15.2 Å². The Morgan fingerprint density at radius 3 is 2.89 bits per heavy atom. The van der Waals surface area contributed by atoms with Crippen molar-refractivity contribution in [2.45, 2.75) is 26.5 Å². The number of aromatic nitrogens is 1. The van der Waals surface area contributed by atoms with Crippen molar-refractivity contribution in [3.8, 4) is 5.75 Å². The molecule has 0 fully saturated rings. The first-order valence-electron chi connectivity index (χ1n) is 8.56. The van der Waals surface area contributed by atoms with Crippen molar-refractivity contribution in [2.75, 3.05) is 26.7 Å². The molecule has 1 aromatic heterocycles. The van der Waals surface area contributed by atoms with Gasteiger partial charge in [0.2, 0.25) is 0 Å². The number of benzene rings is 1. The van der Waals surface area contributed by atoms with Crippen LogP contribution in [-0.2, 0) is 6.54 Å². The number of nitrogens with one attached hydrogen (secondary N) is 1. The summed E-state index contributed by atoms with van der Waals surface area (Å²) in [5.41, 5.74) is 0.991. The van der Waals surface area contributed by atoms with Crippen molar-refractivity contribution in [2.24, 2.45) is 4.99 Å². The van der Waals surface area contributed by atoms with Gasteiger partial charge in [-0.05, 0) is 26.0 Å². The molecule has 0 aliphatic carbocycles. The van der Waals surface area contributed by atoms with E-state index in [1.54, 1.807) is 29.5 Å². The van der Waals surface area contributed by atoms with Gasteiger partial charge in [-0.3, -0.25) is 4.99 Å². The van der Waals surface area contributed by atoms with Crippen molar-refractivity contribution in [3.05, 3.63) is 44.3 Å². The van der Waals surface area contributed by atoms with Crippen LogP contribution in [-0.4, -0.2) is 53.8 Å². The lowest BCUT2D eigenvalue weighted by Crippen LogP contribution is -2.39. The zero-order valence-electron chi connectivity index (χ0n) is 15.6. The third kappa shape index (κ3) is 6.84. The number of halogens is 2. The van der Waals surface area contributed by atoms with E-state index in [0.29, 0.717) is 28.3 Å². The fraction of sp³-hybridized carbons (Fsp3) is 0.444. The van der Waals surface area contributed by atoms with Crippen molar-refractivity contribution < 1.29 is 9.84 Å². The number of hydrogen-bond acceptors (Lipinski definition) is 5. The Bertz CT molecular complexity index is 770.